The second-order valence-corrected chi connectivity index (χ2v) is 3.57. The molecule has 0 saturated heterocycles. The monoisotopic (exact) mass is 307 g/mol. The lowest BCUT2D eigenvalue weighted by Crippen LogP contribution is -2.20. The van der Waals surface area contributed by atoms with Gasteiger partial charge >= 0.3 is 0 Å². The third-order valence-corrected chi connectivity index (χ3v) is 2.24. The SMILES string of the molecule is Br.C[C@H](NCCBr)c1ccccc1. The van der Waals surface area contributed by atoms with E-state index in [1.165, 1.54) is 5.56 Å². The molecular formula is C10H15Br2N. The minimum absolute atomic E-state index is 0. The summed E-state index contributed by atoms with van der Waals surface area (Å²) in [6, 6.07) is 10.9. The normalized spacial score (nSPS) is 11.8. The Hall–Kier alpha value is 0.140. The summed E-state index contributed by atoms with van der Waals surface area (Å²) < 4.78 is 0. The first-order valence-corrected chi connectivity index (χ1v) is 5.31. The Morgan fingerprint density at radius 3 is 2.46 bits per heavy atom. The van der Waals surface area contributed by atoms with Crippen molar-refractivity contribution in [2.24, 2.45) is 0 Å². The van der Waals surface area contributed by atoms with Gasteiger partial charge in [-0.25, -0.2) is 0 Å². The fraction of sp³-hybridized carbons (Fsp3) is 0.400. The molecule has 0 heterocycles. The quantitative estimate of drug-likeness (QED) is 0.842. The second-order valence-electron chi connectivity index (χ2n) is 2.78. The first kappa shape index (κ1) is 13.1. The highest BCUT2D eigenvalue weighted by Crippen LogP contribution is 2.10. The van der Waals surface area contributed by atoms with Crippen molar-refractivity contribution in [3.63, 3.8) is 0 Å². The number of nitrogens with one attached hydrogen (secondary N) is 1. The zero-order valence-electron chi connectivity index (χ0n) is 7.66. The van der Waals surface area contributed by atoms with Crippen LogP contribution in [0.5, 0.6) is 0 Å². The third-order valence-electron chi connectivity index (χ3n) is 1.84. The van der Waals surface area contributed by atoms with E-state index in [1.54, 1.807) is 0 Å². The number of alkyl halides is 1. The summed E-state index contributed by atoms with van der Waals surface area (Å²) in [5.74, 6) is 0. The highest BCUT2D eigenvalue weighted by atomic mass is 79.9. The lowest BCUT2D eigenvalue weighted by atomic mass is 10.1. The molecule has 0 aliphatic rings. The van der Waals surface area contributed by atoms with Crippen LogP contribution in [0.1, 0.15) is 18.5 Å². The van der Waals surface area contributed by atoms with E-state index in [-0.39, 0.29) is 17.0 Å². The maximum atomic E-state index is 3.40. The molecule has 1 rings (SSSR count). The van der Waals surface area contributed by atoms with Gasteiger partial charge < -0.3 is 5.32 Å². The fourth-order valence-corrected chi connectivity index (χ4v) is 1.36. The van der Waals surface area contributed by atoms with Crippen molar-refractivity contribution in [2.45, 2.75) is 13.0 Å². The second kappa shape index (κ2) is 7.54. The molecule has 0 aromatic heterocycles. The van der Waals surface area contributed by atoms with Gasteiger partial charge in [0.1, 0.15) is 0 Å². The number of benzene rings is 1. The molecule has 1 nitrogen and oxygen atoms in total. The highest BCUT2D eigenvalue weighted by molar-refractivity contribution is 9.09. The van der Waals surface area contributed by atoms with E-state index in [0.717, 1.165) is 11.9 Å². The highest BCUT2D eigenvalue weighted by Gasteiger charge is 2.01. The average molecular weight is 309 g/mol. The molecule has 3 heteroatoms. The van der Waals surface area contributed by atoms with Gasteiger partial charge in [-0.2, -0.15) is 0 Å². The molecule has 0 unspecified atom stereocenters. The van der Waals surface area contributed by atoms with Crippen molar-refractivity contribution in [3.8, 4) is 0 Å². The predicted octanol–water partition coefficient (Wildman–Crippen LogP) is 3.31. The Kier molecular flexibility index (Phi) is 7.62. The van der Waals surface area contributed by atoms with Crippen LogP contribution in [-0.2, 0) is 0 Å². The minimum Gasteiger partial charge on any atom is -0.309 e. The van der Waals surface area contributed by atoms with Crippen LogP contribution in [0.15, 0.2) is 30.3 Å². The van der Waals surface area contributed by atoms with Gasteiger partial charge in [-0.3, -0.25) is 0 Å². The van der Waals surface area contributed by atoms with Crippen molar-refractivity contribution in [3.05, 3.63) is 35.9 Å². The molecule has 0 amide bonds. The van der Waals surface area contributed by atoms with Gasteiger partial charge in [-0.15, -0.1) is 17.0 Å². The smallest absolute Gasteiger partial charge is 0.0292 e. The molecule has 1 aromatic carbocycles. The molecule has 0 radical (unpaired) electrons. The summed E-state index contributed by atoms with van der Waals surface area (Å²) in [6.45, 7) is 3.19. The van der Waals surface area contributed by atoms with Crippen LogP contribution in [0, 0.1) is 0 Å². The lowest BCUT2D eigenvalue weighted by molar-refractivity contribution is 0.602. The first-order chi connectivity index (χ1) is 5.84. The van der Waals surface area contributed by atoms with E-state index >= 15 is 0 Å². The largest absolute Gasteiger partial charge is 0.309 e. The molecule has 1 atom stereocenters. The Morgan fingerprint density at radius 2 is 1.92 bits per heavy atom. The van der Waals surface area contributed by atoms with E-state index < -0.39 is 0 Å². The zero-order chi connectivity index (χ0) is 8.81. The van der Waals surface area contributed by atoms with E-state index in [2.05, 4.69) is 52.4 Å². The maximum absolute atomic E-state index is 3.40. The van der Waals surface area contributed by atoms with Gasteiger partial charge in [0.25, 0.3) is 0 Å². The molecule has 1 N–H and O–H groups in total. The van der Waals surface area contributed by atoms with Gasteiger partial charge in [0, 0.05) is 17.9 Å². The minimum atomic E-state index is 0. The predicted molar refractivity (Wildman–Crippen MR) is 67.0 cm³/mol. The summed E-state index contributed by atoms with van der Waals surface area (Å²) in [6.07, 6.45) is 0. The van der Waals surface area contributed by atoms with E-state index in [1.807, 2.05) is 6.07 Å². The molecular weight excluding hydrogens is 294 g/mol. The van der Waals surface area contributed by atoms with Gasteiger partial charge in [-0.1, -0.05) is 46.3 Å². The van der Waals surface area contributed by atoms with Gasteiger partial charge in [0.2, 0.25) is 0 Å². The molecule has 0 fully saturated rings. The fourth-order valence-electron chi connectivity index (χ4n) is 1.13. The van der Waals surface area contributed by atoms with Crippen LogP contribution in [0.25, 0.3) is 0 Å². The summed E-state index contributed by atoms with van der Waals surface area (Å²) in [5.41, 5.74) is 1.35. The van der Waals surface area contributed by atoms with Crippen LogP contribution < -0.4 is 5.32 Å². The third kappa shape index (κ3) is 4.79. The summed E-state index contributed by atoms with van der Waals surface area (Å²) in [5, 5.41) is 4.41. The Labute approximate surface area is 98.8 Å². The molecule has 0 aliphatic carbocycles. The van der Waals surface area contributed by atoms with Crippen LogP contribution in [0.3, 0.4) is 0 Å². The Bertz CT molecular complexity index is 213. The van der Waals surface area contributed by atoms with Gasteiger partial charge in [0.05, 0.1) is 0 Å². The van der Waals surface area contributed by atoms with E-state index in [9.17, 15) is 0 Å². The van der Waals surface area contributed by atoms with Crippen molar-refractivity contribution in [1.29, 1.82) is 0 Å². The molecule has 74 valence electrons. The standard InChI is InChI=1S/C10H14BrN.BrH/c1-9(12-8-7-11)10-5-3-2-4-6-10;/h2-6,9,12H,7-8H2,1H3;1H/t9-;/m0./s1. The maximum Gasteiger partial charge on any atom is 0.0292 e. The van der Waals surface area contributed by atoms with Gasteiger partial charge in [0.15, 0.2) is 0 Å². The molecule has 0 aliphatic heterocycles. The van der Waals surface area contributed by atoms with E-state index in [0.29, 0.717) is 6.04 Å². The molecule has 0 bridgehead atoms. The Balaban J connectivity index is 0.00000144. The first-order valence-electron chi connectivity index (χ1n) is 4.19. The Morgan fingerprint density at radius 1 is 1.31 bits per heavy atom. The van der Waals surface area contributed by atoms with Crippen molar-refractivity contribution < 1.29 is 0 Å². The number of hydrogen-bond donors (Lipinski definition) is 1. The number of hydrogen-bond acceptors (Lipinski definition) is 1. The van der Waals surface area contributed by atoms with Crippen LogP contribution >= 0.6 is 32.9 Å². The molecule has 0 saturated carbocycles. The summed E-state index contributed by atoms with van der Waals surface area (Å²) >= 11 is 3.39. The zero-order valence-corrected chi connectivity index (χ0v) is 11.0. The summed E-state index contributed by atoms with van der Waals surface area (Å²) in [4.78, 5) is 0. The van der Waals surface area contributed by atoms with Crippen LogP contribution in [0.4, 0.5) is 0 Å². The molecule has 0 spiro atoms. The van der Waals surface area contributed by atoms with Crippen LogP contribution in [-0.4, -0.2) is 11.9 Å². The lowest BCUT2D eigenvalue weighted by Gasteiger charge is -2.12. The van der Waals surface area contributed by atoms with E-state index in [4.69, 9.17) is 0 Å². The number of rotatable bonds is 4. The molecule has 1 aromatic rings. The summed E-state index contributed by atoms with van der Waals surface area (Å²) in [7, 11) is 0. The average Bonchev–Trinajstić information content (AvgIpc) is 2.15. The van der Waals surface area contributed by atoms with Crippen molar-refractivity contribution >= 4 is 32.9 Å². The van der Waals surface area contributed by atoms with Gasteiger partial charge in [-0.05, 0) is 12.5 Å². The number of halogens is 2. The van der Waals surface area contributed by atoms with Crippen molar-refractivity contribution in [2.75, 3.05) is 11.9 Å². The topological polar surface area (TPSA) is 12.0 Å². The van der Waals surface area contributed by atoms with Crippen LogP contribution in [0.2, 0.25) is 0 Å². The molecule has 13 heavy (non-hydrogen) atoms. The van der Waals surface area contributed by atoms with Crippen molar-refractivity contribution in [1.82, 2.24) is 5.32 Å².